The molecule has 4 nitrogen and oxygen atoms in total. The van der Waals surface area contributed by atoms with E-state index in [0.29, 0.717) is 5.65 Å². The van der Waals surface area contributed by atoms with Gasteiger partial charge in [0.1, 0.15) is 5.52 Å². The van der Waals surface area contributed by atoms with Gasteiger partial charge in [0.2, 0.25) is 0 Å². The summed E-state index contributed by atoms with van der Waals surface area (Å²) in [5.74, 6) is 0. The van der Waals surface area contributed by atoms with Crippen LogP contribution in [0.15, 0.2) is 48.7 Å². The van der Waals surface area contributed by atoms with Gasteiger partial charge < -0.3 is 0 Å². The normalized spacial score (nSPS) is 12.0. The summed E-state index contributed by atoms with van der Waals surface area (Å²) in [6, 6.07) is 14.6. The van der Waals surface area contributed by atoms with E-state index >= 15 is 0 Å². The lowest BCUT2D eigenvalue weighted by atomic mass is 9.95. The molecule has 5 aromatic rings. The Kier molecular flexibility index (Phi) is 1.68. The maximum Gasteiger partial charge on any atom is 0.186 e. The van der Waals surface area contributed by atoms with Crippen molar-refractivity contribution >= 4 is 43.5 Å². The largest absolute Gasteiger partial charge is 0.235 e. The maximum absolute atomic E-state index is 4.31. The molecule has 20 heavy (non-hydrogen) atoms. The van der Waals surface area contributed by atoms with Crippen LogP contribution in [-0.2, 0) is 0 Å². The molecule has 0 radical (unpaired) electrons. The molecular formula is C16H8N4. The fourth-order valence-electron chi connectivity index (χ4n) is 3.10. The van der Waals surface area contributed by atoms with Crippen LogP contribution in [0, 0.1) is 0 Å². The molecule has 0 spiro atoms. The van der Waals surface area contributed by atoms with Crippen LogP contribution in [0.4, 0.5) is 0 Å². The first kappa shape index (κ1) is 9.97. The molecule has 0 aliphatic rings. The van der Waals surface area contributed by atoms with Crippen molar-refractivity contribution < 1.29 is 0 Å². The first-order valence-corrected chi connectivity index (χ1v) is 6.44. The highest BCUT2D eigenvalue weighted by atomic mass is 15.3. The van der Waals surface area contributed by atoms with Gasteiger partial charge in [-0.05, 0) is 32.8 Å². The van der Waals surface area contributed by atoms with Crippen LogP contribution in [0.3, 0.4) is 0 Å². The van der Waals surface area contributed by atoms with E-state index in [1.807, 2.05) is 6.07 Å². The minimum Gasteiger partial charge on any atom is -0.235 e. The van der Waals surface area contributed by atoms with E-state index in [1.54, 1.807) is 6.20 Å². The lowest BCUT2D eigenvalue weighted by Crippen LogP contribution is -1.95. The maximum atomic E-state index is 4.31. The van der Waals surface area contributed by atoms with Crippen molar-refractivity contribution in [2.45, 2.75) is 0 Å². The minimum atomic E-state index is 0.652. The van der Waals surface area contributed by atoms with Crippen LogP contribution in [0.2, 0.25) is 0 Å². The van der Waals surface area contributed by atoms with E-state index in [4.69, 9.17) is 0 Å². The predicted molar refractivity (Wildman–Crippen MR) is 78.8 cm³/mol. The molecule has 0 amide bonds. The lowest BCUT2D eigenvalue weighted by molar-refractivity contribution is 0.909. The number of fused-ring (bicyclic) bond motifs is 2. The zero-order valence-corrected chi connectivity index (χ0v) is 10.4. The number of benzene rings is 3. The van der Waals surface area contributed by atoms with Crippen LogP contribution in [0.5, 0.6) is 0 Å². The van der Waals surface area contributed by atoms with E-state index in [1.165, 1.54) is 16.2 Å². The van der Waals surface area contributed by atoms with Gasteiger partial charge in [-0.25, -0.2) is 4.98 Å². The SMILES string of the molecule is c1cc2cccc3c4nnnc5nccc(c(c1)c23)c54. The molecule has 0 fully saturated rings. The molecule has 5 rings (SSSR count). The van der Waals surface area contributed by atoms with Gasteiger partial charge in [0.15, 0.2) is 5.65 Å². The van der Waals surface area contributed by atoms with Crippen LogP contribution in [0.1, 0.15) is 0 Å². The lowest BCUT2D eigenvalue weighted by Gasteiger charge is -2.11. The third-order valence-electron chi connectivity index (χ3n) is 3.90. The monoisotopic (exact) mass is 256 g/mol. The Morgan fingerprint density at radius 2 is 1.50 bits per heavy atom. The summed E-state index contributed by atoms with van der Waals surface area (Å²) in [6.45, 7) is 0. The van der Waals surface area contributed by atoms with Gasteiger partial charge in [0.25, 0.3) is 0 Å². The molecule has 0 unspecified atom stereocenters. The van der Waals surface area contributed by atoms with Crippen molar-refractivity contribution in [3.63, 3.8) is 0 Å². The van der Waals surface area contributed by atoms with Gasteiger partial charge in [-0.2, -0.15) is 0 Å². The van der Waals surface area contributed by atoms with Crippen molar-refractivity contribution in [2.24, 2.45) is 0 Å². The van der Waals surface area contributed by atoms with Gasteiger partial charge in [-0.15, -0.1) is 10.2 Å². The predicted octanol–water partition coefficient (Wildman–Crippen LogP) is 3.32. The number of rotatable bonds is 0. The highest BCUT2D eigenvalue weighted by Gasteiger charge is 2.14. The Balaban J connectivity index is 2.32. The second-order valence-electron chi connectivity index (χ2n) is 4.90. The van der Waals surface area contributed by atoms with Gasteiger partial charge in [-0.3, -0.25) is 0 Å². The second kappa shape index (κ2) is 3.36. The van der Waals surface area contributed by atoms with E-state index < -0.39 is 0 Å². The fourth-order valence-corrected chi connectivity index (χ4v) is 3.10. The summed E-state index contributed by atoms with van der Waals surface area (Å²) in [5.41, 5.74) is 1.53. The van der Waals surface area contributed by atoms with Crippen LogP contribution >= 0.6 is 0 Å². The molecule has 0 bridgehead atoms. The van der Waals surface area contributed by atoms with Gasteiger partial charge in [0.05, 0.1) is 5.39 Å². The summed E-state index contributed by atoms with van der Waals surface area (Å²) < 4.78 is 0. The molecule has 4 heteroatoms. The molecule has 0 saturated heterocycles. The van der Waals surface area contributed by atoms with E-state index in [-0.39, 0.29) is 0 Å². The highest BCUT2D eigenvalue weighted by Crippen LogP contribution is 2.37. The van der Waals surface area contributed by atoms with Crippen molar-refractivity contribution in [1.82, 2.24) is 20.4 Å². The average molecular weight is 256 g/mol. The molecule has 0 saturated carbocycles. The van der Waals surface area contributed by atoms with Gasteiger partial charge in [-0.1, -0.05) is 36.4 Å². The highest BCUT2D eigenvalue weighted by molar-refractivity contribution is 6.30. The van der Waals surface area contributed by atoms with Crippen LogP contribution in [-0.4, -0.2) is 20.4 Å². The summed E-state index contributed by atoms with van der Waals surface area (Å²) in [6.07, 6.45) is 1.78. The van der Waals surface area contributed by atoms with E-state index in [9.17, 15) is 0 Å². The van der Waals surface area contributed by atoms with Crippen molar-refractivity contribution in [3.8, 4) is 0 Å². The second-order valence-corrected chi connectivity index (χ2v) is 4.90. The Bertz CT molecular complexity index is 931. The van der Waals surface area contributed by atoms with Crippen molar-refractivity contribution in [2.75, 3.05) is 0 Å². The quantitative estimate of drug-likeness (QED) is 0.315. The standard InChI is InChI=1S/C16H8N4/c1-3-9-4-2-6-12-13(9)10(5-1)11-7-8-17-16-14(11)15(12)18-20-19-16/h1-8H. The molecule has 2 heterocycles. The third kappa shape index (κ3) is 1.07. The molecular weight excluding hydrogens is 248 g/mol. The molecule has 0 atom stereocenters. The Hall–Kier alpha value is -2.88. The molecule has 92 valence electrons. The summed E-state index contributed by atoms with van der Waals surface area (Å²) in [5, 5.41) is 19.1. The fraction of sp³-hybridized carbons (Fsp3) is 0. The number of pyridine rings is 1. The van der Waals surface area contributed by atoms with Gasteiger partial charge in [0, 0.05) is 11.6 Å². The number of nitrogens with zero attached hydrogens (tertiary/aromatic N) is 4. The zero-order valence-electron chi connectivity index (χ0n) is 10.4. The molecule has 3 aromatic carbocycles. The van der Waals surface area contributed by atoms with E-state index in [2.05, 4.69) is 56.8 Å². The smallest absolute Gasteiger partial charge is 0.186 e. The topological polar surface area (TPSA) is 51.6 Å². The Morgan fingerprint density at radius 3 is 2.40 bits per heavy atom. The number of hydrogen-bond donors (Lipinski definition) is 0. The van der Waals surface area contributed by atoms with Crippen LogP contribution < -0.4 is 0 Å². The molecule has 0 N–H and O–H groups in total. The molecule has 0 aliphatic carbocycles. The zero-order chi connectivity index (χ0) is 13.1. The van der Waals surface area contributed by atoms with Crippen molar-refractivity contribution in [1.29, 1.82) is 0 Å². The minimum absolute atomic E-state index is 0.652. The third-order valence-corrected chi connectivity index (χ3v) is 3.90. The summed E-state index contributed by atoms with van der Waals surface area (Å²) in [4.78, 5) is 4.31. The summed E-state index contributed by atoms with van der Waals surface area (Å²) in [7, 11) is 0. The van der Waals surface area contributed by atoms with Crippen molar-refractivity contribution in [3.05, 3.63) is 48.7 Å². The van der Waals surface area contributed by atoms with E-state index in [0.717, 1.165) is 21.7 Å². The molecule has 2 aromatic heterocycles. The van der Waals surface area contributed by atoms with Gasteiger partial charge >= 0.3 is 0 Å². The number of hydrogen-bond acceptors (Lipinski definition) is 4. The summed E-state index contributed by atoms with van der Waals surface area (Å²) >= 11 is 0. The first-order chi connectivity index (χ1) is 9.93. The first-order valence-electron chi connectivity index (χ1n) is 6.44. The molecule has 0 aliphatic heterocycles. The Morgan fingerprint density at radius 1 is 0.700 bits per heavy atom. The Labute approximate surface area is 113 Å². The van der Waals surface area contributed by atoms with Crippen LogP contribution in [0.25, 0.3) is 43.5 Å². The number of aromatic nitrogens is 4. The average Bonchev–Trinajstić information content (AvgIpc) is 2.52.